The summed E-state index contributed by atoms with van der Waals surface area (Å²) in [5, 5.41) is 29.7. The van der Waals surface area contributed by atoms with Gasteiger partial charge in [0.05, 0.1) is 31.0 Å². The molecule has 0 amide bonds. The van der Waals surface area contributed by atoms with Gasteiger partial charge in [-0.1, -0.05) is 0 Å². The molecule has 0 aliphatic heterocycles. The summed E-state index contributed by atoms with van der Waals surface area (Å²) in [5.74, 6) is -1.07. The van der Waals surface area contributed by atoms with Gasteiger partial charge in [-0.2, -0.15) is 5.10 Å². The Morgan fingerprint density at radius 1 is 1.69 bits per heavy atom. The third-order valence-electron chi connectivity index (χ3n) is 1.49. The van der Waals surface area contributed by atoms with Crippen LogP contribution in [0.3, 0.4) is 0 Å². The lowest BCUT2D eigenvalue weighted by Crippen LogP contribution is -2.20. The number of aliphatic hydroxyl groups is 2. The van der Waals surface area contributed by atoms with Gasteiger partial charge in [-0.25, -0.2) is 4.79 Å². The van der Waals surface area contributed by atoms with Crippen LogP contribution >= 0.6 is 0 Å². The Morgan fingerprint density at radius 2 is 2.38 bits per heavy atom. The maximum Gasteiger partial charge on any atom is 0.338 e. The number of carbonyl (C=O) groups is 1. The van der Waals surface area contributed by atoms with Gasteiger partial charge in [0.2, 0.25) is 0 Å². The molecule has 1 unspecified atom stereocenters. The SMILES string of the molecule is O=C(O)c1cnn(CC(O)CO)c1. The predicted molar refractivity (Wildman–Crippen MR) is 42.3 cm³/mol. The number of carboxylic acid groups (broad SMARTS) is 1. The zero-order valence-corrected chi connectivity index (χ0v) is 6.79. The second-order valence-corrected chi connectivity index (χ2v) is 2.59. The summed E-state index contributed by atoms with van der Waals surface area (Å²) in [5.41, 5.74) is 0.0603. The maximum atomic E-state index is 10.4. The minimum Gasteiger partial charge on any atom is -0.478 e. The van der Waals surface area contributed by atoms with Gasteiger partial charge >= 0.3 is 5.97 Å². The van der Waals surface area contributed by atoms with Crippen LogP contribution in [-0.2, 0) is 6.54 Å². The highest BCUT2D eigenvalue weighted by Gasteiger charge is 2.08. The Kier molecular flexibility index (Phi) is 2.99. The summed E-state index contributed by atoms with van der Waals surface area (Å²) >= 11 is 0. The largest absolute Gasteiger partial charge is 0.478 e. The van der Waals surface area contributed by atoms with Crippen molar-refractivity contribution in [1.82, 2.24) is 9.78 Å². The summed E-state index contributed by atoms with van der Waals surface area (Å²) < 4.78 is 1.27. The van der Waals surface area contributed by atoms with Crippen LogP contribution in [0.4, 0.5) is 0 Å². The van der Waals surface area contributed by atoms with Crippen molar-refractivity contribution >= 4 is 5.97 Å². The first-order valence-electron chi connectivity index (χ1n) is 3.68. The van der Waals surface area contributed by atoms with E-state index in [1.165, 1.54) is 17.1 Å². The van der Waals surface area contributed by atoms with E-state index in [9.17, 15) is 4.79 Å². The van der Waals surface area contributed by atoms with Crippen molar-refractivity contribution in [3.63, 3.8) is 0 Å². The van der Waals surface area contributed by atoms with Crippen LogP contribution in [-0.4, -0.2) is 43.8 Å². The highest BCUT2D eigenvalue weighted by atomic mass is 16.4. The summed E-state index contributed by atoms with van der Waals surface area (Å²) in [4.78, 5) is 10.4. The molecule has 6 heteroatoms. The average molecular weight is 186 g/mol. The Balaban J connectivity index is 2.64. The van der Waals surface area contributed by atoms with E-state index in [4.69, 9.17) is 15.3 Å². The molecule has 1 aromatic rings. The number of aromatic carboxylic acids is 1. The second kappa shape index (κ2) is 4.01. The van der Waals surface area contributed by atoms with Crippen LogP contribution in [0.2, 0.25) is 0 Å². The molecule has 0 bridgehead atoms. The van der Waals surface area contributed by atoms with Crippen molar-refractivity contribution < 1.29 is 20.1 Å². The van der Waals surface area contributed by atoms with Crippen LogP contribution in [0.25, 0.3) is 0 Å². The lowest BCUT2D eigenvalue weighted by Gasteiger charge is -2.05. The van der Waals surface area contributed by atoms with E-state index in [-0.39, 0.29) is 18.7 Å². The number of aliphatic hydroxyl groups excluding tert-OH is 2. The molecule has 1 aromatic heterocycles. The fourth-order valence-electron chi connectivity index (χ4n) is 0.848. The van der Waals surface area contributed by atoms with Crippen molar-refractivity contribution in [2.75, 3.05) is 6.61 Å². The van der Waals surface area contributed by atoms with Crippen LogP contribution < -0.4 is 0 Å². The lowest BCUT2D eigenvalue weighted by atomic mass is 10.3. The van der Waals surface area contributed by atoms with Crippen LogP contribution in [0, 0.1) is 0 Å². The van der Waals surface area contributed by atoms with E-state index in [1.807, 2.05) is 0 Å². The number of rotatable bonds is 4. The third kappa shape index (κ3) is 2.53. The summed E-state index contributed by atoms with van der Waals surface area (Å²) in [6.45, 7) is -0.286. The lowest BCUT2D eigenvalue weighted by molar-refractivity contribution is 0.0694. The number of carboxylic acids is 1. The summed E-state index contributed by atoms with van der Waals surface area (Å²) in [6.07, 6.45) is 1.56. The first-order valence-corrected chi connectivity index (χ1v) is 3.68. The average Bonchev–Trinajstić information content (AvgIpc) is 2.52. The molecular weight excluding hydrogens is 176 g/mol. The molecule has 1 heterocycles. The molecule has 0 radical (unpaired) electrons. The number of hydrogen-bond acceptors (Lipinski definition) is 4. The first-order chi connectivity index (χ1) is 6.13. The van der Waals surface area contributed by atoms with Gasteiger partial charge in [0, 0.05) is 6.20 Å². The first kappa shape index (κ1) is 9.69. The van der Waals surface area contributed by atoms with Crippen LogP contribution in [0.5, 0.6) is 0 Å². The molecule has 0 aliphatic carbocycles. The quantitative estimate of drug-likeness (QED) is 0.556. The molecule has 0 aromatic carbocycles. The van der Waals surface area contributed by atoms with Gasteiger partial charge in [0.25, 0.3) is 0 Å². The van der Waals surface area contributed by atoms with E-state index in [0.717, 1.165) is 0 Å². The smallest absolute Gasteiger partial charge is 0.338 e. The molecule has 72 valence electrons. The third-order valence-corrected chi connectivity index (χ3v) is 1.49. The molecule has 3 N–H and O–H groups in total. The standard InChI is InChI=1S/C7H10N2O4/c10-4-6(11)3-9-2-5(1-8-9)7(12)13/h1-2,6,10-11H,3-4H2,(H,12,13). The fourth-order valence-corrected chi connectivity index (χ4v) is 0.848. The van der Waals surface area contributed by atoms with E-state index < -0.39 is 12.1 Å². The number of hydrogen-bond donors (Lipinski definition) is 3. The molecule has 6 nitrogen and oxygen atoms in total. The van der Waals surface area contributed by atoms with Crippen molar-refractivity contribution in [3.8, 4) is 0 Å². The zero-order valence-electron chi connectivity index (χ0n) is 6.79. The predicted octanol–water partition coefficient (Wildman–Crippen LogP) is -1.07. The minimum absolute atomic E-state index is 0.0603. The van der Waals surface area contributed by atoms with E-state index >= 15 is 0 Å². The second-order valence-electron chi connectivity index (χ2n) is 2.59. The van der Waals surface area contributed by atoms with Crippen molar-refractivity contribution in [2.24, 2.45) is 0 Å². The fraction of sp³-hybridized carbons (Fsp3) is 0.429. The van der Waals surface area contributed by atoms with Gasteiger partial charge in [-0.3, -0.25) is 4.68 Å². The minimum atomic E-state index is -1.07. The van der Waals surface area contributed by atoms with E-state index in [0.29, 0.717) is 0 Å². The van der Waals surface area contributed by atoms with Gasteiger partial charge in [-0.05, 0) is 0 Å². The Morgan fingerprint density at radius 3 is 2.85 bits per heavy atom. The molecule has 1 atom stereocenters. The van der Waals surface area contributed by atoms with Gasteiger partial charge in [0.1, 0.15) is 0 Å². The molecule has 1 rings (SSSR count). The van der Waals surface area contributed by atoms with Crippen molar-refractivity contribution in [3.05, 3.63) is 18.0 Å². The molecule has 0 saturated heterocycles. The summed E-state index contributed by atoms with van der Waals surface area (Å²) in [6, 6.07) is 0. The van der Waals surface area contributed by atoms with E-state index in [2.05, 4.69) is 5.10 Å². The van der Waals surface area contributed by atoms with Gasteiger partial charge < -0.3 is 15.3 Å². The molecular formula is C7H10N2O4. The topological polar surface area (TPSA) is 95.6 Å². The molecule has 0 spiro atoms. The monoisotopic (exact) mass is 186 g/mol. The van der Waals surface area contributed by atoms with E-state index in [1.54, 1.807) is 0 Å². The molecule has 0 aliphatic rings. The highest BCUT2D eigenvalue weighted by Crippen LogP contribution is 1.98. The maximum absolute atomic E-state index is 10.4. The highest BCUT2D eigenvalue weighted by molar-refractivity contribution is 5.86. The Hall–Kier alpha value is -1.40. The van der Waals surface area contributed by atoms with Crippen molar-refractivity contribution in [1.29, 1.82) is 0 Å². The molecule has 0 saturated carbocycles. The van der Waals surface area contributed by atoms with Crippen molar-refractivity contribution in [2.45, 2.75) is 12.6 Å². The molecule has 0 fully saturated rings. The normalized spacial score (nSPS) is 12.8. The summed E-state index contributed by atoms with van der Waals surface area (Å²) in [7, 11) is 0. The Bertz CT molecular complexity index is 296. The van der Waals surface area contributed by atoms with Gasteiger partial charge in [-0.15, -0.1) is 0 Å². The Labute approximate surface area is 74.0 Å². The molecule has 13 heavy (non-hydrogen) atoms. The zero-order chi connectivity index (χ0) is 9.84. The van der Waals surface area contributed by atoms with Gasteiger partial charge in [0.15, 0.2) is 0 Å². The number of aromatic nitrogens is 2. The van der Waals surface area contributed by atoms with Crippen LogP contribution in [0.1, 0.15) is 10.4 Å². The number of nitrogens with zero attached hydrogens (tertiary/aromatic N) is 2. The van der Waals surface area contributed by atoms with Crippen LogP contribution in [0.15, 0.2) is 12.4 Å².